The van der Waals surface area contributed by atoms with Gasteiger partial charge < -0.3 is 15.5 Å². The van der Waals surface area contributed by atoms with Crippen molar-refractivity contribution in [2.75, 3.05) is 43.4 Å². The fraction of sp³-hybridized carbons (Fsp3) is 0.258. The third kappa shape index (κ3) is 7.11. The third-order valence-corrected chi connectivity index (χ3v) is 10.1. The predicted octanol–water partition coefficient (Wildman–Crippen LogP) is 7.11. The van der Waals surface area contributed by atoms with E-state index in [1.165, 1.54) is 24.7 Å². The molecule has 1 aliphatic heterocycles. The van der Waals surface area contributed by atoms with Crippen LogP contribution in [0.15, 0.2) is 61.3 Å². The molecule has 1 saturated heterocycles. The molecule has 3 aromatic heterocycles. The lowest BCUT2D eigenvalue weighted by atomic mass is 10.0. The molecular weight excluding hydrogens is 767 g/mol. The lowest BCUT2D eigenvalue weighted by molar-refractivity contribution is -0.138. The fourth-order valence-electron chi connectivity index (χ4n) is 5.49. The molecule has 2 aromatic carbocycles. The minimum absolute atomic E-state index is 0.0389. The first-order chi connectivity index (χ1) is 23.1. The zero-order valence-electron chi connectivity index (χ0n) is 25.3. The van der Waals surface area contributed by atoms with Crippen LogP contribution in [-0.2, 0) is 12.7 Å². The predicted molar refractivity (Wildman–Crippen MR) is 183 cm³/mol. The third-order valence-electron chi connectivity index (χ3n) is 8.05. The Kier molecular flexibility index (Phi) is 10.1. The highest BCUT2D eigenvalue weighted by atomic mass is 127. The highest BCUT2D eigenvalue weighted by Crippen LogP contribution is 2.37. The van der Waals surface area contributed by atoms with Gasteiger partial charge in [0.1, 0.15) is 41.2 Å². The number of nitrogens with one attached hydrogen (secondary N) is 2. The average Bonchev–Trinajstić information content (AvgIpc) is 3.52. The number of nitrogens with zero attached hydrogens (tertiary/aromatic N) is 7. The quantitative estimate of drug-likeness (QED) is 0.0926. The van der Waals surface area contributed by atoms with Gasteiger partial charge in [0.15, 0.2) is 11.5 Å². The first kappa shape index (κ1) is 34.0. The second-order valence-electron chi connectivity index (χ2n) is 10.9. The summed E-state index contributed by atoms with van der Waals surface area (Å²) in [6.45, 7) is 5.76. The van der Waals surface area contributed by atoms with E-state index in [9.17, 15) is 18.0 Å². The molecule has 48 heavy (non-hydrogen) atoms. The van der Waals surface area contributed by atoms with Crippen molar-refractivity contribution in [3.05, 3.63) is 89.6 Å². The molecule has 17 heteroatoms. The number of carbonyl (C=O) groups excluding carboxylic acids is 1. The molecule has 1 unspecified atom stereocenters. The van der Waals surface area contributed by atoms with Crippen molar-refractivity contribution in [2.45, 2.75) is 19.6 Å². The smallest absolute Gasteiger partial charge is 0.335 e. The summed E-state index contributed by atoms with van der Waals surface area (Å²) < 4.78 is 75.1. The van der Waals surface area contributed by atoms with Crippen LogP contribution in [0.5, 0.6) is 0 Å². The first-order valence-electron chi connectivity index (χ1n) is 14.8. The molecule has 0 radical (unpaired) electrons. The number of aromatic nitrogens is 5. The Balaban J connectivity index is 1.25. The average molecular weight is 795 g/mol. The van der Waals surface area contributed by atoms with Gasteiger partial charge in [0.2, 0.25) is 0 Å². The monoisotopic (exact) mass is 795 g/mol. The molecule has 4 heterocycles. The summed E-state index contributed by atoms with van der Waals surface area (Å²) in [5.74, 6) is -3.11. The molecule has 10 nitrogen and oxygen atoms in total. The molecule has 6 rings (SSSR count). The van der Waals surface area contributed by atoms with Crippen LogP contribution in [0.1, 0.15) is 28.4 Å². The number of anilines is 3. The van der Waals surface area contributed by atoms with Crippen molar-refractivity contribution in [2.24, 2.45) is 0 Å². The van der Waals surface area contributed by atoms with Gasteiger partial charge in [-0.15, -0.1) is 0 Å². The number of hydrogen-bond donors (Lipinski definition) is 2. The first-order valence-corrected chi connectivity index (χ1v) is 18.8. The van der Waals surface area contributed by atoms with E-state index in [4.69, 9.17) is 0 Å². The van der Waals surface area contributed by atoms with Crippen molar-refractivity contribution in [1.29, 1.82) is 0 Å². The molecule has 0 saturated carbocycles. The van der Waals surface area contributed by atoms with E-state index in [-0.39, 0.29) is 23.5 Å². The number of hydrogen-bond acceptors (Lipinski definition) is 8. The Morgan fingerprint density at radius 3 is 2.50 bits per heavy atom. The van der Waals surface area contributed by atoms with Crippen LogP contribution in [0.25, 0.3) is 22.4 Å². The van der Waals surface area contributed by atoms with E-state index < -0.39 is 40.7 Å². The number of alkyl halides is 3. The zero-order valence-corrected chi connectivity index (χ0v) is 28.5. The maximum Gasteiger partial charge on any atom is 0.416 e. The van der Waals surface area contributed by atoms with Crippen LogP contribution in [0, 0.1) is 11.6 Å². The molecule has 1 fully saturated rings. The largest absolute Gasteiger partial charge is 0.416 e. The zero-order chi connectivity index (χ0) is 34.0. The number of imidazole rings is 1. The lowest BCUT2D eigenvalue weighted by Gasteiger charge is -2.34. The number of rotatable bonds is 9. The molecule has 1 amide bonds. The summed E-state index contributed by atoms with van der Waals surface area (Å²) in [4.78, 5) is 34.6. The fourth-order valence-corrected chi connectivity index (χ4v) is 6.89. The maximum absolute atomic E-state index is 15.8. The second kappa shape index (κ2) is 14.3. The number of benzene rings is 2. The molecule has 250 valence electrons. The van der Waals surface area contributed by atoms with Crippen molar-refractivity contribution >= 4 is 62.7 Å². The van der Waals surface area contributed by atoms with Gasteiger partial charge in [-0.1, -0.05) is 13.0 Å². The number of pyridine rings is 1. The van der Waals surface area contributed by atoms with Gasteiger partial charge in [0.05, 0.1) is 17.6 Å². The van der Waals surface area contributed by atoms with E-state index in [0.29, 0.717) is 41.9 Å². The molecule has 0 aliphatic carbocycles. The van der Waals surface area contributed by atoms with E-state index in [1.54, 1.807) is 18.5 Å². The topological polar surface area (TPSA) is 104 Å². The Hall–Kier alpha value is -3.86. The number of amides is 1. The molecule has 0 spiro atoms. The number of likely N-dealkylation sites (N-methyl/N-ethyl adjacent to an activating group) is 1. The van der Waals surface area contributed by atoms with Crippen LogP contribution in [-0.4, -0.2) is 72.7 Å². The lowest BCUT2D eigenvalue weighted by Crippen LogP contribution is -2.45. The summed E-state index contributed by atoms with van der Waals surface area (Å²) in [6, 6.07) is 8.50. The minimum Gasteiger partial charge on any atom is -0.335 e. The van der Waals surface area contributed by atoms with Crippen molar-refractivity contribution in [3.63, 3.8) is 0 Å². The molecule has 2 N–H and O–H groups in total. The highest BCUT2D eigenvalue weighted by molar-refractivity contribution is 14.2. The molecule has 1 atom stereocenters. The summed E-state index contributed by atoms with van der Waals surface area (Å²) in [7, 11) is 0. The maximum atomic E-state index is 15.8. The van der Waals surface area contributed by atoms with Gasteiger partial charge in [-0.25, -0.2) is 28.7 Å². The normalized spacial score (nSPS) is 14.6. The molecular formula is C31H28F5IN9OP. The summed E-state index contributed by atoms with van der Waals surface area (Å²) in [6.07, 6.45) is -0.0123. The molecule has 5 aromatic rings. The molecule has 0 bridgehead atoms. The Morgan fingerprint density at radius 2 is 1.77 bits per heavy atom. The van der Waals surface area contributed by atoms with Crippen LogP contribution in [0.3, 0.4) is 0 Å². The highest BCUT2D eigenvalue weighted by Gasteiger charge is 2.35. The van der Waals surface area contributed by atoms with Gasteiger partial charge in [-0.3, -0.25) is 14.0 Å². The van der Waals surface area contributed by atoms with Crippen molar-refractivity contribution in [1.82, 2.24) is 34.1 Å². The van der Waals surface area contributed by atoms with Crippen LogP contribution >= 0.6 is 28.4 Å². The SMILES string of the molecule is CCN1CCN(Cc2ccc(C(=O)Nc3ccc(F)c(Nc4ncccc4-c4ncnc5c4ncn5PI)c3F)cc2C(F)(F)F)CC1. The molecule has 1 aliphatic rings. The van der Waals surface area contributed by atoms with Crippen molar-refractivity contribution in [3.8, 4) is 11.3 Å². The van der Waals surface area contributed by atoms with Gasteiger partial charge in [-0.2, -0.15) is 13.2 Å². The summed E-state index contributed by atoms with van der Waals surface area (Å²) >= 11 is 2.19. The van der Waals surface area contributed by atoms with E-state index >= 15 is 8.78 Å². The van der Waals surface area contributed by atoms with Gasteiger partial charge in [-0.05, 0) is 70.5 Å². The Labute approximate surface area is 286 Å². The second-order valence-corrected chi connectivity index (χ2v) is 13.0. The summed E-state index contributed by atoms with van der Waals surface area (Å²) in [5.41, 5.74) is -0.521. The van der Waals surface area contributed by atoms with Crippen molar-refractivity contribution < 1.29 is 26.7 Å². The number of halogens is 6. The van der Waals surface area contributed by atoms with Gasteiger partial charge >= 0.3 is 6.18 Å². The van der Waals surface area contributed by atoms with Gasteiger partial charge in [0.25, 0.3) is 5.91 Å². The Morgan fingerprint density at radius 1 is 1.00 bits per heavy atom. The van der Waals surface area contributed by atoms with Crippen LogP contribution in [0.2, 0.25) is 0 Å². The van der Waals surface area contributed by atoms with E-state index in [2.05, 4.69) is 57.5 Å². The standard InChI is InChI=1S/C31H28F5IN9OP/c1-2-44-10-12-45(13-11-44)15-19-6-5-18(14-21(19)31(34,35)36)30(47)42-23-8-7-22(32)26(24(23)33)43-28-20(4-3-9-38-28)25-27-29(40-16-39-25)46(48-37)17-41-27/h3-9,14,16-17,48H,2,10-13,15H2,1H3,(H,38,43)(H,42,47). The Bertz CT molecular complexity index is 1970. The number of piperazine rings is 1. The van der Waals surface area contributed by atoms with E-state index in [0.717, 1.165) is 37.8 Å². The number of fused-ring (bicyclic) bond motifs is 1. The van der Waals surface area contributed by atoms with Crippen LogP contribution < -0.4 is 10.6 Å². The summed E-state index contributed by atoms with van der Waals surface area (Å²) in [5, 5.41) is 4.96. The minimum atomic E-state index is -4.72. The van der Waals surface area contributed by atoms with Crippen LogP contribution in [0.4, 0.5) is 39.1 Å². The van der Waals surface area contributed by atoms with E-state index in [1.807, 2.05) is 16.2 Å². The number of carbonyl (C=O) groups is 1. The van der Waals surface area contributed by atoms with Gasteiger partial charge in [0, 0.05) is 50.0 Å².